The van der Waals surface area contributed by atoms with E-state index in [1.807, 2.05) is 0 Å². The van der Waals surface area contributed by atoms with Crippen LogP contribution in [-0.2, 0) is 4.79 Å². The molecule has 0 saturated heterocycles. The van der Waals surface area contributed by atoms with Crippen molar-refractivity contribution in [1.29, 1.82) is 0 Å². The smallest absolute Gasteiger partial charge is 0.303 e. The van der Waals surface area contributed by atoms with Crippen LogP contribution < -0.4 is 5.32 Å². The second kappa shape index (κ2) is 7.53. The Bertz CT molecular complexity index is 695. The van der Waals surface area contributed by atoms with Crippen LogP contribution in [0.4, 0.5) is 4.39 Å². The van der Waals surface area contributed by atoms with Gasteiger partial charge in [-0.3, -0.25) is 9.59 Å². The lowest BCUT2D eigenvalue weighted by atomic mass is 10.2. The number of halogens is 1. The molecule has 2 aromatic rings. The highest BCUT2D eigenvalue weighted by Crippen LogP contribution is 2.12. The normalized spacial score (nSPS) is 10.5. The number of benzene rings is 1. The Morgan fingerprint density at radius 2 is 1.96 bits per heavy atom. The predicted molar refractivity (Wildman–Crippen MR) is 82.1 cm³/mol. The Morgan fingerprint density at radius 3 is 2.61 bits per heavy atom. The van der Waals surface area contributed by atoms with Crippen molar-refractivity contribution in [1.82, 2.24) is 15.1 Å². The first kappa shape index (κ1) is 16.7. The van der Waals surface area contributed by atoms with Gasteiger partial charge in [-0.25, -0.2) is 9.07 Å². The van der Waals surface area contributed by atoms with E-state index in [9.17, 15) is 14.0 Å². The molecule has 0 radical (unpaired) electrons. The lowest BCUT2D eigenvalue weighted by Gasteiger charge is -2.03. The molecule has 6 nitrogen and oxygen atoms in total. The first-order valence-electron chi connectivity index (χ1n) is 7.29. The van der Waals surface area contributed by atoms with Crippen LogP contribution in [-0.4, -0.2) is 33.3 Å². The highest BCUT2D eigenvalue weighted by molar-refractivity contribution is 5.93. The molecule has 2 N–H and O–H groups in total. The Labute approximate surface area is 132 Å². The van der Waals surface area contributed by atoms with Gasteiger partial charge in [-0.1, -0.05) is 0 Å². The van der Waals surface area contributed by atoms with Crippen molar-refractivity contribution in [2.75, 3.05) is 6.54 Å². The average Bonchev–Trinajstić information content (AvgIpc) is 2.89. The van der Waals surface area contributed by atoms with Gasteiger partial charge < -0.3 is 10.4 Å². The Hall–Kier alpha value is -2.70. The summed E-state index contributed by atoms with van der Waals surface area (Å²) >= 11 is 0. The third-order valence-corrected chi connectivity index (χ3v) is 3.31. The predicted octanol–water partition coefficient (Wildman–Crippen LogP) is 2.30. The first-order valence-corrected chi connectivity index (χ1v) is 7.29. The van der Waals surface area contributed by atoms with E-state index in [0.29, 0.717) is 36.3 Å². The summed E-state index contributed by atoms with van der Waals surface area (Å²) in [5, 5.41) is 15.5. The Kier molecular flexibility index (Phi) is 5.46. The van der Waals surface area contributed by atoms with Gasteiger partial charge in [0.2, 0.25) is 0 Å². The maximum Gasteiger partial charge on any atom is 0.303 e. The number of rotatable bonds is 7. The third-order valence-electron chi connectivity index (χ3n) is 3.31. The van der Waals surface area contributed by atoms with Crippen LogP contribution in [0.15, 0.2) is 30.5 Å². The van der Waals surface area contributed by atoms with Gasteiger partial charge in [0.05, 0.1) is 5.69 Å². The van der Waals surface area contributed by atoms with Crippen molar-refractivity contribution in [3.63, 3.8) is 0 Å². The van der Waals surface area contributed by atoms with E-state index in [4.69, 9.17) is 5.11 Å². The minimum Gasteiger partial charge on any atom is -0.481 e. The summed E-state index contributed by atoms with van der Waals surface area (Å²) in [4.78, 5) is 22.5. The number of carboxylic acids is 1. The molecular weight excluding hydrogens is 301 g/mol. The fourth-order valence-corrected chi connectivity index (χ4v) is 2.10. The molecular formula is C16H18FN3O3. The molecule has 1 heterocycles. The van der Waals surface area contributed by atoms with E-state index in [2.05, 4.69) is 10.4 Å². The molecule has 0 aliphatic rings. The zero-order valence-electron chi connectivity index (χ0n) is 12.8. The molecule has 1 aromatic carbocycles. The molecule has 0 aliphatic carbocycles. The molecule has 0 saturated carbocycles. The van der Waals surface area contributed by atoms with Gasteiger partial charge in [0, 0.05) is 24.7 Å². The monoisotopic (exact) mass is 319 g/mol. The summed E-state index contributed by atoms with van der Waals surface area (Å²) in [5.74, 6) is -1.49. The highest BCUT2D eigenvalue weighted by Gasteiger charge is 2.14. The summed E-state index contributed by atoms with van der Waals surface area (Å²) in [6.45, 7) is 2.17. The standard InChI is InChI=1S/C16H18FN3O3/c1-11-10-20(13-7-5-12(17)6-8-13)19-15(11)16(23)18-9-3-2-4-14(21)22/h5-8,10H,2-4,9H2,1H3,(H,18,23)(H,21,22). The molecule has 0 unspecified atom stereocenters. The van der Waals surface area contributed by atoms with Crippen molar-refractivity contribution in [2.24, 2.45) is 0 Å². The second-order valence-corrected chi connectivity index (χ2v) is 5.19. The van der Waals surface area contributed by atoms with Crippen LogP contribution >= 0.6 is 0 Å². The van der Waals surface area contributed by atoms with E-state index in [-0.39, 0.29) is 18.1 Å². The SMILES string of the molecule is Cc1cn(-c2ccc(F)cc2)nc1C(=O)NCCCCC(=O)O. The summed E-state index contributed by atoms with van der Waals surface area (Å²) in [6, 6.07) is 5.81. The summed E-state index contributed by atoms with van der Waals surface area (Å²) in [7, 11) is 0. The minimum absolute atomic E-state index is 0.0914. The fraction of sp³-hybridized carbons (Fsp3) is 0.312. The molecule has 122 valence electrons. The minimum atomic E-state index is -0.842. The lowest BCUT2D eigenvalue weighted by molar-refractivity contribution is -0.137. The van der Waals surface area contributed by atoms with Crippen molar-refractivity contribution in [3.05, 3.63) is 47.5 Å². The summed E-state index contributed by atoms with van der Waals surface area (Å²) in [6.07, 6.45) is 2.90. The van der Waals surface area contributed by atoms with Gasteiger partial charge in [-0.05, 0) is 44.0 Å². The number of aryl methyl sites for hydroxylation is 1. The van der Waals surface area contributed by atoms with Crippen LogP contribution in [0, 0.1) is 12.7 Å². The molecule has 1 amide bonds. The maximum atomic E-state index is 12.9. The van der Waals surface area contributed by atoms with Gasteiger partial charge in [-0.2, -0.15) is 5.10 Å². The van der Waals surface area contributed by atoms with Crippen molar-refractivity contribution < 1.29 is 19.1 Å². The molecule has 0 bridgehead atoms. The number of amides is 1. The molecule has 23 heavy (non-hydrogen) atoms. The fourth-order valence-electron chi connectivity index (χ4n) is 2.10. The van der Waals surface area contributed by atoms with Crippen molar-refractivity contribution in [3.8, 4) is 5.69 Å². The molecule has 2 rings (SSSR count). The number of aromatic nitrogens is 2. The Balaban J connectivity index is 1.96. The summed E-state index contributed by atoms with van der Waals surface area (Å²) < 4.78 is 14.5. The maximum absolute atomic E-state index is 12.9. The highest BCUT2D eigenvalue weighted by atomic mass is 19.1. The van der Waals surface area contributed by atoms with Crippen LogP contribution in [0.1, 0.15) is 35.3 Å². The van der Waals surface area contributed by atoms with Crippen LogP contribution in [0.2, 0.25) is 0 Å². The largest absolute Gasteiger partial charge is 0.481 e. The van der Waals surface area contributed by atoms with Crippen molar-refractivity contribution in [2.45, 2.75) is 26.2 Å². The first-order chi connectivity index (χ1) is 11.0. The number of unbranched alkanes of at least 4 members (excludes halogenated alkanes) is 1. The number of aliphatic carboxylic acids is 1. The van der Waals surface area contributed by atoms with E-state index in [1.165, 1.54) is 16.8 Å². The van der Waals surface area contributed by atoms with Gasteiger partial charge in [0.15, 0.2) is 5.69 Å². The van der Waals surface area contributed by atoms with Gasteiger partial charge in [0.25, 0.3) is 5.91 Å². The quantitative estimate of drug-likeness (QED) is 0.767. The van der Waals surface area contributed by atoms with E-state index < -0.39 is 5.97 Å². The number of carbonyl (C=O) groups is 2. The third kappa shape index (κ3) is 4.64. The lowest BCUT2D eigenvalue weighted by Crippen LogP contribution is -2.25. The molecule has 0 aliphatic heterocycles. The summed E-state index contributed by atoms with van der Waals surface area (Å²) in [5.41, 5.74) is 1.67. The molecule has 0 fully saturated rings. The van der Waals surface area contributed by atoms with E-state index in [0.717, 1.165) is 0 Å². The van der Waals surface area contributed by atoms with Crippen LogP contribution in [0.3, 0.4) is 0 Å². The topological polar surface area (TPSA) is 84.2 Å². The number of nitrogens with zero attached hydrogens (tertiary/aromatic N) is 2. The second-order valence-electron chi connectivity index (χ2n) is 5.19. The number of carbonyl (C=O) groups excluding carboxylic acids is 1. The number of carboxylic acid groups (broad SMARTS) is 1. The van der Waals surface area contributed by atoms with Crippen molar-refractivity contribution >= 4 is 11.9 Å². The zero-order valence-corrected chi connectivity index (χ0v) is 12.8. The average molecular weight is 319 g/mol. The Morgan fingerprint density at radius 1 is 1.26 bits per heavy atom. The van der Waals surface area contributed by atoms with Gasteiger partial charge in [-0.15, -0.1) is 0 Å². The number of nitrogens with one attached hydrogen (secondary N) is 1. The number of hydrogen-bond donors (Lipinski definition) is 2. The molecule has 7 heteroatoms. The van der Waals surface area contributed by atoms with Crippen LogP contribution in [0.25, 0.3) is 5.69 Å². The molecule has 0 atom stereocenters. The zero-order chi connectivity index (χ0) is 16.8. The van der Waals surface area contributed by atoms with E-state index in [1.54, 1.807) is 25.3 Å². The van der Waals surface area contributed by atoms with Gasteiger partial charge in [0.1, 0.15) is 5.82 Å². The molecule has 1 aromatic heterocycles. The number of hydrogen-bond acceptors (Lipinski definition) is 3. The molecule has 0 spiro atoms. The van der Waals surface area contributed by atoms with Gasteiger partial charge >= 0.3 is 5.97 Å². The van der Waals surface area contributed by atoms with E-state index >= 15 is 0 Å². The van der Waals surface area contributed by atoms with Crippen LogP contribution in [0.5, 0.6) is 0 Å².